The lowest BCUT2D eigenvalue weighted by Crippen LogP contribution is -2.23. The van der Waals surface area contributed by atoms with Gasteiger partial charge in [-0.15, -0.1) is 11.8 Å². The normalized spacial score (nSPS) is 21.4. The van der Waals surface area contributed by atoms with Gasteiger partial charge in [0.25, 0.3) is 0 Å². The monoisotopic (exact) mass is 207 g/mol. The van der Waals surface area contributed by atoms with Crippen LogP contribution in [0.1, 0.15) is 18.4 Å². The van der Waals surface area contributed by atoms with Gasteiger partial charge in [-0.3, -0.25) is 0 Å². The summed E-state index contributed by atoms with van der Waals surface area (Å²) in [7, 11) is 0. The van der Waals surface area contributed by atoms with Crippen LogP contribution in [0.3, 0.4) is 0 Å². The van der Waals surface area contributed by atoms with Crippen LogP contribution in [0, 0.1) is 0 Å². The zero-order valence-corrected chi connectivity index (χ0v) is 9.44. The summed E-state index contributed by atoms with van der Waals surface area (Å²) in [4.78, 5) is 1.35. The first-order valence-electron chi connectivity index (χ1n) is 5.25. The van der Waals surface area contributed by atoms with Gasteiger partial charge < -0.3 is 5.32 Å². The molecule has 0 aromatic heterocycles. The van der Waals surface area contributed by atoms with Crippen molar-refractivity contribution >= 4 is 11.8 Å². The zero-order valence-electron chi connectivity index (χ0n) is 8.62. The molecular weight excluding hydrogens is 190 g/mol. The summed E-state index contributed by atoms with van der Waals surface area (Å²) < 4.78 is 0. The highest BCUT2D eigenvalue weighted by Crippen LogP contribution is 2.17. The molecule has 1 N–H and O–H groups in total. The minimum atomic E-state index is 0.718. The van der Waals surface area contributed by atoms with Gasteiger partial charge in [-0.25, -0.2) is 0 Å². The fourth-order valence-electron chi connectivity index (χ4n) is 1.98. The summed E-state index contributed by atoms with van der Waals surface area (Å²) in [5.41, 5.74) is 1.46. The number of rotatable bonds is 3. The lowest BCUT2D eigenvalue weighted by Gasteiger charge is -2.09. The molecule has 1 atom stereocenters. The largest absolute Gasteiger partial charge is 0.314 e. The molecule has 2 rings (SSSR count). The predicted octanol–water partition coefficient (Wildman–Crippen LogP) is 2.70. The molecule has 1 aromatic carbocycles. The third-order valence-electron chi connectivity index (χ3n) is 2.80. The molecule has 0 aliphatic carbocycles. The Hall–Kier alpha value is -0.470. The van der Waals surface area contributed by atoms with Crippen LogP contribution in [0.25, 0.3) is 0 Å². The summed E-state index contributed by atoms with van der Waals surface area (Å²) in [5.74, 6) is 0. The molecule has 2 heteroatoms. The second kappa shape index (κ2) is 4.85. The lowest BCUT2D eigenvalue weighted by atomic mass is 10.1. The maximum absolute atomic E-state index is 3.53. The van der Waals surface area contributed by atoms with E-state index in [1.807, 2.05) is 0 Å². The Morgan fingerprint density at radius 3 is 2.71 bits per heavy atom. The van der Waals surface area contributed by atoms with E-state index < -0.39 is 0 Å². The third-order valence-corrected chi connectivity index (χ3v) is 3.55. The van der Waals surface area contributed by atoms with Crippen molar-refractivity contribution in [2.24, 2.45) is 0 Å². The van der Waals surface area contributed by atoms with E-state index in [0.717, 1.165) is 6.04 Å². The van der Waals surface area contributed by atoms with Gasteiger partial charge in [-0.05, 0) is 49.8 Å². The Bertz CT molecular complexity index is 275. The molecule has 76 valence electrons. The van der Waals surface area contributed by atoms with Crippen molar-refractivity contribution in [3.8, 4) is 0 Å². The Balaban J connectivity index is 1.95. The van der Waals surface area contributed by atoms with Gasteiger partial charge in [0.15, 0.2) is 0 Å². The highest BCUT2D eigenvalue weighted by molar-refractivity contribution is 7.98. The van der Waals surface area contributed by atoms with Crippen LogP contribution in [0.15, 0.2) is 29.2 Å². The molecule has 1 heterocycles. The molecule has 0 spiro atoms. The predicted molar refractivity (Wildman–Crippen MR) is 63.0 cm³/mol. The average Bonchev–Trinajstić information content (AvgIpc) is 2.72. The molecule has 0 radical (unpaired) electrons. The fraction of sp³-hybridized carbons (Fsp3) is 0.500. The van der Waals surface area contributed by atoms with Gasteiger partial charge in [-0.2, -0.15) is 0 Å². The van der Waals surface area contributed by atoms with Crippen LogP contribution >= 0.6 is 11.8 Å². The molecule has 0 bridgehead atoms. The fourth-order valence-corrected chi connectivity index (χ4v) is 2.39. The van der Waals surface area contributed by atoms with E-state index in [0.29, 0.717) is 0 Å². The number of benzene rings is 1. The number of nitrogens with one attached hydrogen (secondary N) is 1. The summed E-state index contributed by atoms with van der Waals surface area (Å²) in [6.45, 7) is 1.20. The lowest BCUT2D eigenvalue weighted by molar-refractivity contribution is 0.603. The van der Waals surface area contributed by atoms with Crippen LogP contribution in [0.4, 0.5) is 0 Å². The molecule has 1 unspecified atom stereocenters. The van der Waals surface area contributed by atoms with Gasteiger partial charge in [0.2, 0.25) is 0 Å². The second-order valence-electron chi connectivity index (χ2n) is 3.85. The molecule has 1 fully saturated rings. The van der Waals surface area contributed by atoms with Gasteiger partial charge in [0.05, 0.1) is 0 Å². The Morgan fingerprint density at radius 2 is 2.14 bits per heavy atom. The van der Waals surface area contributed by atoms with E-state index in [1.165, 1.54) is 36.3 Å². The minimum Gasteiger partial charge on any atom is -0.314 e. The maximum atomic E-state index is 3.53. The van der Waals surface area contributed by atoms with E-state index >= 15 is 0 Å². The topological polar surface area (TPSA) is 12.0 Å². The Kier molecular flexibility index (Phi) is 3.49. The van der Waals surface area contributed by atoms with Gasteiger partial charge in [0, 0.05) is 10.9 Å². The van der Waals surface area contributed by atoms with Crippen molar-refractivity contribution in [1.82, 2.24) is 5.32 Å². The summed E-state index contributed by atoms with van der Waals surface area (Å²) in [6.07, 6.45) is 5.99. The molecule has 1 aliphatic rings. The summed E-state index contributed by atoms with van der Waals surface area (Å²) >= 11 is 1.80. The second-order valence-corrected chi connectivity index (χ2v) is 4.73. The summed E-state index contributed by atoms with van der Waals surface area (Å²) in [5, 5.41) is 3.53. The summed E-state index contributed by atoms with van der Waals surface area (Å²) in [6, 6.07) is 9.66. The van der Waals surface area contributed by atoms with Crippen molar-refractivity contribution in [2.75, 3.05) is 12.8 Å². The van der Waals surface area contributed by atoms with Crippen LogP contribution in [-0.4, -0.2) is 18.8 Å². The molecule has 14 heavy (non-hydrogen) atoms. The van der Waals surface area contributed by atoms with E-state index in [2.05, 4.69) is 35.8 Å². The van der Waals surface area contributed by atoms with Gasteiger partial charge in [-0.1, -0.05) is 12.1 Å². The number of hydrogen-bond acceptors (Lipinski definition) is 2. The number of thioether (sulfide) groups is 1. The van der Waals surface area contributed by atoms with Gasteiger partial charge >= 0.3 is 0 Å². The van der Waals surface area contributed by atoms with Crippen molar-refractivity contribution in [3.05, 3.63) is 29.8 Å². The third kappa shape index (κ3) is 2.52. The van der Waals surface area contributed by atoms with Crippen LogP contribution in [0.2, 0.25) is 0 Å². The first-order valence-corrected chi connectivity index (χ1v) is 6.47. The molecule has 0 amide bonds. The van der Waals surface area contributed by atoms with Crippen molar-refractivity contribution in [3.63, 3.8) is 0 Å². The SMILES string of the molecule is CSc1ccc(CC2CCCN2)cc1. The van der Waals surface area contributed by atoms with Crippen molar-refractivity contribution < 1.29 is 0 Å². The smallest absolute Gasteiger partial charge is 0.0108 e. The van der Waals surface area contributed by atoms with E-state index in [1.54, 1.807) is 11.8 Å². The Morgan fingerprint density at radius 1 is 1.36 bits per heavy atom. The highest BCUT2D eigenvalue weighted by Gasteiger charge is 2.13. The molecule has 0 saturated carbocycles. The molecule has 1 aliphatic heterocycles. The van der Waals surface area contributed by atoms with Gasteiger partial charge in [0.1, 0.15) is 0 Å². The minimum absolute atomic E-state index is 0.718. The Labute approximate surface area is 90.3 Å². The van der Waals surface area contributed by atoms with E-state index in [-0.39, 0.29) is 0 Å². The molecule has 1 nitrogen and oxygen atoms in total. The van der Waals surface area contributed by atoms with E-state index in [9.17, 15) is 0 Å². The first kappa shape index (κ1) is 10.1. The van der Waals surface area contributed by atoms with Crippen molar-refractivity contribution in [2.45, 2.75) is 30.2 Å². The molecule has 1 saturated heterocycles. The maximum Gasteiger partial charge on any atom is 0.0108 e. The van der Waals surface area contributed by atoms with Crippen LogP contribution < -0.4 is 5.32 Å². The average molecular weight is 207 g/mol. The van der Waals surface area contributed by atoms with E-state index in [4.69, 9.17) is 0 Å². The quantitative estimate of drug-likeness (QED) is 0.765. The first-order chi connectivity index (χ1) is 6.88. The van der Waals surface area contributed by atoms with Crippen molar-refractivity contribution in [1.29, 1.82) is 0 Å². The number of hydrogen-bond donors (Lipinski definition) is 1. The van der Waals surface area contributed by atoms with Crippen LogP contribution in [0.5, 0.6) is 0 Å². The standard InChI is InChI=1S/C12H17NS/c1-14-12-6-4-10(5-7-12)9-11-3-2-8-13-11/h4-7,11,13H,2-3,8-9H2,1H3. The molecule has 1 aromatic rings. The highest BCUT2D eigenvalue weighted by atomic mass is 32.2. The zero-order chi connectivity index (χ0) is 9.80. The van der Waals surface area contributed by atoms with Crippen LogP contribution in [-0.2, 0) is 6.42 Å². The molecular formula is C12H17NS.